The fourth-order valence-corrected chi connectivity index (χ4v) is 1.94. The number of fused-ring (bicyclic) bond motifs is 3. The maximum atomic E-state index is 4.41. The number of hydrogen-bond donors (Lipinski definition) is 0. The Hall–Kier alpha value is -1.57. The summed E-state index contributed by atoms with van der Waals surface area (Å²) in [7, 11) is 0. The van der Waals surface area contributed by atoms with E-state index in [1.165, 1.54) is 11.3 Å². The zero-order valence-electron chi connectivity index (χ0n) is 7.27. The molecule has 0 fully saturated rings. The maximum absolute atomic E-state index is 4.41. The van der Waals surface area contributed by atoms with E-state index in [-0.39, 0.29) is 0 Å². The molecule has 13 heavy (non-hydrogen) atoms. The van der Waals surface area contributed by atoms with Gasteiger partial charge in [-0.3, -0.25) is 4.98 Å². The Kier molecular flexibility index (Phi) is 1.30. The van der Waals surface area contributed by atoms with Crippen molar-refractivity contribution in [3.8, 4) is 11.4 Å². The molecule has 0 bridgehead atoms. The lowest BCUT2D eigenvalue weighted by Gasteiger charge is -2.17. The average Bonchev–Trinajstić information content (AvgIpc) is 2.65. The van der Waals surface area contributed by atoms with Gasteiger partial charge in [-0.15, -0.1) is 0 Å². The van der Waals surface area contributed by atoms with Crippen molar-refractivity contribution < 1.29 is 0 Å². The molecule has 0 atom stereocenters. The van der Waals surface area contributed by atoms with Crippen molar-refractivity contribution in [2.75, 3.05) is 0 Å². The van der Waals surface area contributed by atoms with Crippen LogP contribution in [0.3, 0.4) is 0 Å². The van der Waals surface area contributed by atoms with Gasteiger partial charge in [-0.2, -0.15) is 0 Å². The van der Waals surface area contributed by atoms with Crippen molar-refractivity contribution in [2.24, 2.45) is 0 Å². The SMILES string of the molecule is c1cnc2c(c1)CCn1cccc1-2. The van der Waals surface area contributed by atoms with Crippen LogP contribution in [0.15, 0.2) is 36.7 Å². The van der Waals surface area contributed by atoms with Crippen LogP contribution in [0.1, 0.15) is 5.56 Å². The van der Waals surface area contributed by atoms with Gasteiger partial charge in [0.1, 0.15) is 0 Å². The predicted octanol–water partition coefficient (Wildman–Crippen LogP) is 2.11. The first kappa shape index (κ1) is 6.89. The summed E-state index contributed by atoms with van der Waals surface area (Å²) in [6.07, 6.45) is 5.08. The minimum absolute atomic E-state index is 1.08. The molecule has 0 aliphatic carbocycles. The lowest BCUT2D eigenvalue weighted by atomic mass is 10.0. The first-order chi connectivity index (χ1) is 6.45. The van der Waals surface area contributed by atoms with Gasteiger partial charge in [0.15, 0.2) is 0 Å². The van der Waals surface area contributed by atoms with Crippen LogP contribution in [-0.4, -0.2) is 9.55 Å². The Morgan fingerprint density at radius 2 is 2.23 bits per heavy atom. The first-order valence-corrected chi connectivity index (χ1v) is 4.54. The van der Waals surface area contributed by atoms with Gasteiger partial charge in [-0.05, 0) is 30.2 Å². The van der Waals surface area contributed by atoms with Gasteiger partial charge >= 0.3 is 0 Å². The lowest BCUT2D eigenvalue weighted by molar-refractivity contribution is 0.684. The van der Waals surface area contributed by atoms with Crippen LogP contribution in [0, 0.1) is 0 Å². The maximum Gasteiger partial charge on any atom is 0.0898 e. The largest absolute Gasteiger partial charge is 0.346 e. The van der Waals surface area contributed by atoms with E-state index in [0.29, 0.717) is 0 Å². The zero-order chi connectivity index (χ0) is 8.67. The van der Waals surface area contributed by atoms with Crippen LogP contribution >= 0.6 is 0 Å². The third-order valence-electron chi connectivity index (χ3n) is 2.59. The lowest BCUT2D eigenvalue weighted by Crippen LogP contribution is -2.10. The molecule has 2 aromatic heterocycles. The van der Waals surface area contributed by atoms with Crippen molar-refractivity contribution in [3.63, 3.8) is 0 Å². The minimum Gasteiger partial charge on any atom is -0.346 e. The molecule has 0 N–H and O–H groups in total. The van der Waals surface area contributed by atoms with Crippen LogP contribution < -0.4 is 0 Å². The van der Waals surface area contributed by atoms with Crippen LogP contribution in [0.5, 0.6) is 0 Å². The predicted molar refractivity (Wildman–Crippen MR) is 51.4 cm³/mol. The van der Waals surface area contributed by atoms with Crippen LogP contribution in [0.25, 0.3) is 11.4 Å². The second kappa shape index (κ2) is 2.46. The Labute approximate surface area is 76.9 Å². The summed E-state index contributed by atoms with van der Waals surface area (Å²) in [5.74, 6) is 0. The third kappa shape index (κ3) is 0.917. The van der Waals surface area contributed by atoms with E-state index in [1.807, 2.05) is 12.3 Å². The Balaban J connectivity index is 2.30. The van der Waals surface area contributed by atoms with Crippen molar-refractivity contribution >= 4 is 0 Å². The van der Waals surface area contributed by atoms with E-state index in [4.69, 9.17) is 0 Å². The highest BCUT2D eigenvalue weighted by Gasteiger charge is 2.14. The molecule has 3 heterocycles. The monoisotopic (exact) mass is 170 g/mol. The summed E-state index contributed by atoms with van der Waals surface area (Å²) in [6.45, 7) is 1.08. The summed E-state index contributed by atoms with van der Waals surface area (Å²) >= 11 is 0. The molecule has 64 valence electrons. The molecule has 2 nitrogen and oxygen atoms in total. The minimum atomic E-state index is 1.08. The van der Waals surface area contributed by atoms with Gasteiger partial charge < -0.3 is 4.57 Å². The quantitative estimate of drug-likeness (QED) is 0.592. The van der Waals surface area contributed by atoms with E-state index in [2.05, 4.69) is 33.9 Å². The average molecular weight is 170 g/mol. The highest BCUT2D eigenvalue weighted by Crippen LogP contribution is 2.26. The highest BCUT2D eigenvalue weighted by molar-refractivity contribution is 5.61. The van der Waals surface area contributed by atoms with Crippen molar-refractivity contribution in [2.45, 2.75) is 13.0 Å². The van der Waals surface area contributed by atoms with Gasteiger partial charge in [-0.25, -0.2) is 0 Å². The number of aryl methyl sites for hydroxylation is 2. The summed E-state index contributed by atoms with van der Waals surface area (Å²) < 4.78 is 2.26. The number of pyridine rings is 1. The number of hydrogen-bond acceptors (Lipinski definition) is 1. The van der Waals surface area contributed by atoms with Gasteiger partial charge in [0.2, 0.25) is 0 Å². The summed E-state index contributed by atoms with van der Waals surface area (Å²) in [5, 5.41) is 0. The molecular weight excluding hydrogens is 160 g/mol. The molecular formula is C11H10N2. The highest BCUT2D eigenvalue weighted by atomic mass is 15.0. The summed E-state index contributed by atoms with van der Waals surface area (Å²) in [5.41, 5.74) is 3.77. The van der Waals surface area contributed by atoms with Gasteiger partial charge in [0.25, 0.3) is 0 Å². The summed E-state index contributed by atoms with van der Waals surface area (Å²) in [4.78, 5) is 4.41. The van der Waals surface area contributed by atoms with Crippen LogP contribution in [0.4, 0.5) is 0 Å². The van der Waals surface area contributed by atoms with Crippen molar-refractivity contribution in [1.29, 1.82) is 0 Å². The standard InChI is InChI=1S/C11H10N2/c1-3-9-5-8-13-7-2-4-10(13)11(9)12-6-1/h1-4,6-7H,5,8H2. The topological polar surface area (TPSA) is 17.8 Å². The number of rotatable bonds is 0. The number of nitrogens with zero attached hydrogens (tertiary/aromatic N) is 2. The molecule has 0 amide bonds. The van der Waals surface area contributed by atoms with Gasteiger partial charge in [-0.1, -0.05) is 6.07 Å². The molecule has 1 aliphatic heterocycles. The van der Waals surface area contributed by atoms with Crippen LogP contribution in [0.2, 0.25) is 0 Å². The van der Waals surface area contributed by atoms with E-state index >= 15 is 0 Å². The van der Waals surface area contributed by atoms with E-state index in [1.54, 1.807) is 0 Å². The normalized spacial score (nSPS) is 13.5. The van der Waals surface area contributed by atoms with Crippen molar-refractivity contribution in [1.82, 2.24) is 9.55 Å². The van der Waals surface area contributed by atoms with Crippen molar-refractivity contribution in [3.05, 3.63) is 42.2 Å². The molecule has 0 spiro atoms. The second-order valence-corrected chi connectivity index (χ2v) is 3.35. The van der Waals surface area contributed by atoms with E-state index in [9.17, 15) is 0 Å². The Bertz CT molecular complexity index is 443. The molecule has 0 aromatic carbocycles. The molecule has 2 aromatic rings. The Morgan fingerprint density at radius 1 is 1.23 bits per heavy atom. The molecule has 1 aliphatic rings. The molecule has 0 saturated heterocycles. The molecule has 0 unspecified atom stereocenters. The van der Waals surface area contributed by atoms with Gasteiger partial charge in [0, 0.05) is 18.9 Å². The summed E-state index contributed by atoms with van der Waals surface area (Å²) in [6, 6.07) is 8.39. The zero-order valence-corrected chi connectivity index (χ0v) is 7.27. The second-order valence-electron chi connectivity index (χ2n) is 3.35. The molecule has 0 radical (unpaired) electrons. The smallest absolute Gasteiger partial charge is 0.0898 e. The third-order valence-corrected chi connectivity index (χ3v) is 2.59. The van der Waals surface area contributed by atoms with Crippen LogP contribution in [-0.2, 0) is 13.0 Å². The molecule has 2 heteroatoms. The van der Waals surface area contributed by atoms with E-state index < -0.39 is 0 Å². The van der Waals surface area contributed by atoms with Gasteiger partial charge in [0.05, 0.1) is 11.4 Å². The first-order valence-electron chi connectivity index (χ1n) is 4.54. The Morgan fingerprint density at radius 3 is 3.23 bits per heavy atom. The fraction of sp³-hybridized carbons (Fsp3) is 0.182. The number of aromatic nitrogens is 2. The fourth-order valence-electron chi connectivity index (χ4n) is 1.94. The molecule has 0 saturated carbocycles. The molecule has 3 rings (SSSR count). The van der Waals surface area contributed by atoms with E-state index in [0.717, 1.165) is 18.7 Å².